The molecule has 1 N–H and O–H groups in total. The number of amides is 1. The molecule has 0 aliphatic heterocycles. The quantitative estimate of drug-likeness (QED) is 0.940. The first-order valence-electron chi connectivity index (χ1n) is 6.99. The minimum absolute atomic E-state index is 0.0508. The number of aryl methyl sites for hydroxylation is 1. The van der Waals surface area contributed by atoms with Gasteiger partial charge in [-0.25, -0.2) is 0 Å². The van der Waals surface area contributed by atoms with Crippen molar-refractivity contribution in [3.05, 3.63) is 35.7 Å². The van der Waals surface area contributed by atoms with Crippen molar-refractivity contribution in [1.29, 1.82) is 0 Å². The van der Waals surface area contributed by atoms with Gasteiger partial charge in [-0.3, -0.25) is 4.79 Å². The van der Waals surface area contributed by atoms with Crippen LogP contribution >= 0.6 is 0 Å². The van der Waals surface area contributed by atoms with Gasteiger partial charge in [0.05, 0.1) is 0 Å². The SMILES string of the molecule is Cc1ccc(-c2noc([C@H](C)NC(=O)C(C)(C)C)n2)cc1. The highest BCUT2D eigenvalue weighted by atomic mass is 16.5. The standard InChI is InChI=1S/C16H21N3O2/c1-10-6-8-12(9-7-10)13-18-14(21-19-13)11(2)17-15(20)16(3,4)5/h6-9,11H,1-5H3,(H,17,20)/t11-/m0/s1. The first kappa shape index (κ1) is 15.2. The molecule has 0 spiro atoms. The lowest BCUT2D eigenvalue weighted by molar-refractivity contribution is -0.129. The fraction of sp³-hybridized carbons (Fsp3) is 0.438. The Morgan fingerprint density at radius 3 is 2.43 bits per heavy atom. The van der Waals surface area contributed by atoms with Crippen LogP contribution in [0.5, 0.6) is 0 Å². The third-order valence-corrected chi connectivity index (χ3v) is 3.15. The van der Waals surface area contributed by atoms with E-state index in [1.54, 1.807) is 0 Å². The average Bonchev–Trinajstić information content (AvgIpc) is 2.88. The van der Waals surface area contributed by atoms with Crippen LogP contribution in [0.25, 0.3) is 11.4 Å². The van der Waals surface area contributed by atoms with Gasteiger partial charge < -0.3 is 9.84 Å². The Balaban J connectivity index is 2.12. The molecule has 1 atom stereocenters. The first-order valence-corrected chi connectivity index (χ1v) is 6.99. The molecular weight excluding hydrogens is 266 g/mol. The maximum atomic E-state index is 12.0. The monoisotopic (exact) mass is 287 g/mol. The summed E-state index contributed by atoms with van der Waals surface area (Å²) in [5.41, 5.74) is 1.62. The Morgan fingerprint density at radius 1 is 1.24 bits per heavy atom. The molecular formula is C16H21N3O2. The number of hydrogen-bond acceptors (Lipinski definition) is 4. The van der Waals surface area contributed by atoms with E-state index in [0.29, 0.717) is 11.7 Å². The molecule has 0 saturated heterocycles. The van der Waals surface area contributed by atoms with Crippen LogP contribution in [0, 0.1) is 12.3 Å². The minimum Gasteiger partial charge on any atom is -0.344 e. The Hall–Kier alpha value is -2.17. The normalized spacial score (nSPS) is 13.0. The van der Waals surface area contributed by atoms with E-state index in [4.69, 9.17) is 4.52 Å². The molecule has 5 heteroatoms. The molecule has 0 unspecified atom stereocenters. The van der Waals surface area contributed by atoms with E-state index in [9.17, 15) is 4.79 Å². The van der Waals surface area contributed by atoms with Crippen molar-refractivity contribution >= 4 is 5.91 Å². The molecule has 0 aliphatic carbocycles. The molecule has 1 aromatic heterocycles. The van der Waals surface area contributed by atoms with Gasteiger partial charge in [-0.2, -0.15) is 4.98 Å². The van der Waals surface area contributed by atoms with Crippen LogP contribution in [0.15, 0.2) is 28.8 Å². The van der Waals surface area contributed by atoms with Crippen LogP contribution in [0.4, 0.5) is 0 Å². The highest BCUT2D eigenvalue weighted by molar-refractivity contribution is 5.81. The molecule has 1 aromatic carbocycles. The van der Waals surface area contributed by atoms with Crippen molar-refractivity contribution < 1.29 is 9.32 Å². The number of aromatic nitrogens is 2. The zero-order valence-corrected chi connectivity index (χ0v) is 13.1. The Kier molecular flexibility index (Phi) is 4.11. The second kappa shape index (κ2) is 5.68. The number of hydrogen-bond donors (Lipinski definition) is 1. The lowest BCUT2D eigenvalue weighted by Gasteiger charge is -2.19. The Labute approximate surface area is 124 Å². The Bertz CT molecular complexity index is 624. The van der Waals surface area contributed by atoms with Gasteiger partial charge in [0.1, 0.15) is 6.04 Å². The largest absolute Gasteiger partial charge is 0.344 e. The van der Waals surface area contributed by atoms with E-state index >= 15 is 0 Å². The summed E-state index contributed by atoms with van der Waals surface area (Å²) in [5.74, 6) is 0.884. The number of nitrogens with one attached hydrogen (secondary N) is 1. The lowest BCUT2D eigenvalue weighted by Crippen LogP contribution is -2.36. The highest BCUT2D eigenvalue weighted by Gasteiger charge is 2.25. The van der Waals surface area contributed by atoms with E-state index < -0.39 is 5.41 Å². The van der Waals surface area contributed by atoms with Crippen molar-refractivity contribution in [2.75, 3.05) is 0 Å². The van der Waals surface area contributed by atoms with E-state index in [1.807, 2.05) is 58.9 Å². The molecule has 1 heterocycles. The first-order chi connectivity index (χ1) is 9.77. The van der Waals surface area contributed by atoms with Crippen molar-refractivity contribution in [3.63, 3.8) is 0 Å². The summed E-state index contributed by atoms with van der Waals surface area (Å²) in [6.45, 7) is 9.44. The minimum atomic E-state index is -0.450. The summed E-state index contributed by atoms with van der Waals surface area (Å²) < 4.78 is 5.25. The molecule has 2 rings (SSSR count). The number of carbonyl (C=O) groups excluding carboxylic acids is 1. The highest BCUT2D eigenvalue weighted by Crippen LogP contribution is 2.20. The van der Waals surface area contributed by atoms with Crippen LogP contribution in [0.3, 0.4) is 0 Å². The van der Waals surface area contributed by atoms with Crippen LogP contribution in [-0.4, -0.2) is 16.0 Å². The predicted molar refractivity (Wildman–Crippen MR) is 80.5 cm³/mol. The molecule has 0 aliphatic rings. The van der Waals surface area contributed by atoms with E-state index in [1.165, 1.54) is 5.56 Å². The fourth-order valence-corrected chi connectivity index (χ4v) is 1.71. The van der Waals surface area contributed by atoms with Gasteiger partial charge >= 0.3 is 0 Å². The van der Waals surface area contributed by atoms with E-state index in [2.05, 4.69) is 15.5 Å². The number of nitrogens with zero attached hydrogens (tertiary/aromatic N) is 2. The van der Waals surface area contributed by atoms with Crippen LogP contribution < -0.4 is 5.32 Å². The summed E-state index contributed by atoms with van der Waals surface area (Å²) in [6, 6.07) is 7.57. The molecule has 0 saturated carbocycles. The smallest absolute Gasteiger partial charge is 0.249 e. The molecule has 21 heavy (non-hydrogen) atoms. The van der Waals surface area contributed by atoms with Crippen molar-refractivity contribution in [1.82, 2.24) is 15.5 Å². The second-order valence-electron chi connectivity index (χ2n) is 6.27. The topological polar surface area (TPSA) is 68.0 Å². The number of rotatable bonds is 3. The van der Waals surface area contributed by atoms with E-state index in [-0.39, 0.29) is 11.9 Å². The third kappa shape index (κ3) is 3.68. The van der Waals surface area contributed by atoms with Gasteiger partial charge in [0.2, 0.25) is 17.6 Å². The number of carbonyl (C=O) groups is 1. The average molecular weight is 287 g/mol. The van der Waals surface area contributed by atoms with Crippen LogP contribution in [0.2, 0.25) is 0 Å². The molecule has 1 amide bonds. The summed E-state index contributed by atoms with van der Waals surface area (Å²) in [6.07, 6.45) is 0. The fourth-order valence-electron chi connectivity index (χ4n) is 1.71. The molecule has 0 radical (unpaired) electrons. The van der Waals surface area contributed by atoms with Crippen molar-refractivity contribution in [2.45, 2.75) is 40.7 Å². The summed E-state index contributed by atoms with van der Waals surface area (Å²) >= 11 is 0. The summed E-state index contributed by atoms with van der Waals surface area (Å²) in [5, 5.41) is 6.84. The molecule has 0 bridgehead atoms. The zero-order valence-electron chi connectivity index (χ0n) is 13.1. The van der Waals surface area contributed by atoms with Gasteiger partial charge in [0, 0.05) is 11.0 Å². The maximum absolute atomic E-state index is 12.0. The summed E-state index contributed by atoms with van der Waals surface area (Å²) in [4.78, 5) is 16.3. The van der Waals surface area contributed by atoms with E-state index in [0.717, 1.165) is 5.56 Å². The van der Waals surface area contributed by atoms with Crippen molar-refractivity contribution in [2.24, 2.45) is 5.41 Å². The van der Waals surface area contributed by atoms with Gasteiger partial charge in [-0.1, -0.05) is 55.8 Å². The Morgan fingerprint density at radius 2 is 1.86 bits per heavy atom. The van der Waals surface area contributed by atoms with Gasteiger partial charge in [0.25, 0.3) is 0 Å². The number of benzene rings is 1. The lowest BCUT2D eigenvalue weighted by atomic mass is 9.95. The molecule has 2 aromatic rings. The molecule has 5 nitrogen and oxygen atoms in total. The second-order valence-corrected chi connectivity index (χ2v) is 6.27. The van der Waals surface area contributed by atoms with Gasteiger partial charge in [-0.15, -0.1) is 0 Å². The van der Waals surface area contributed by atoms with Crippen LogP contribution in [-0.2, 0) is 4.79 Å². The van der Waals surface area contributed by atoms with Crippen LogP contribution in [0.1, 0.15) is 45.2 Å². The van der Waals surface area contributed by atoms with Crippen molar-refractivity contribution in [3.8, 4) is 11.4 Å². The predicted octanol–water partition coefficient (Wildman–Crippen LogP) is 3.27. The molecule has 112 valence electrons. The summed E-state index contributed by atoms with van der Waals surface area (Å²) in [7, 11) is 0. The third-order valence-electron chi connectivity index (χ3n) is 3.15. The zero-order chi connectivity index (χ0) is 15.6. The molecule has 0 fully saturated rings. The van der Waals surface area contributed by atoms with Gasteiger partial charge in [-0.05, 0) is 13.8 Å². The maximum Gasteiger partial charge on any atom is 0.249 e. The van der Waals surface area contributed by atoms with Gasteiger partial charge in [0.15, 0.2) is 0 Å².